The second kappa shape index (κ2) is 4.07. The summed E-state index contributed by atoms with van der Waals surface area (Å²) >= 11 is 5.67. The summed E-state index contributed by atoms with van der Waals surface area (Å²) in [4.78, 5) is 7.43. The van der Waals surface area contributed by atoms with Crippen LogP contribution in [0.3, 0.4) is 0 Å². The Labute approximate surface area is 107 Å². The fraction of sp³-hybridized carbons (Fsp3) is 0.0769. The molecule has 0 radical (unpaired) electrons. The Bertz CT molecular complexity index is 739. The Morgan fingerprint density at radius 1 is 1.33 bits per heavy atom. The molecular weight excluding hydrogens is 255 g/mol. The van der Waals surface area contributed by atoms with Crippen molar-refractivity contribution in [2.75, 3.05) is 0 Å². The number of benzene rings is 1. The van der Waals surface area contributed by atoms with Gasteiger partial charge in [0.25, 0.3) is 0 Å². The quantitative estimate of drug-likeness (QED) is 0.623. The second-order valence-electron chi connectivity index (χ2n) is 3.94. The molecule has 3 nitrogen and oxygen atoms in total. The third-order valence-electron chi connectivity index (χ3n) is 2.69. The summed E-state index contributed by atoms with van der Waals surface area (Å²) in [5.74, 6) is -0.211. The first-order chi connectivity index (χ1) is 8.65. The van der Waals surface area contributed by atoms with Crippen LogP contribution in [0.15, 0.2) is 34.9 Å². The van der Waals surface area contributed by atoms with Gasteiger partial charge in [-0.1, -0.05) is 18.2 Å². The SMILES string of the molecule is Cc1cccc2cc(-c3nc(Cl)ncc3F)oc12. The smallest absolute Gasteiger partial charge is 0.223 e. The maximum Gasteiger partial charge on any atom is 0.223 e. The highest BCUT2D eigenvalue weighted by Crippen LogP contribution is 2.30. The zero-order valence-corrected chi connectivity index (χ0v) is 10.2. The first-order valence-electron chi connectivity index (χ1n) is 5.33. The molecule has 0 amide bonds. The maximum absolute atomic E-state index is 13.6. The molecule has 0 bridgehead atoms. The van der Waals surface area contributed by atoms with Gasteiger partial charge in [0.1, 0.15) is 11.3 Å². The number of fused-ring (bicyclic) bond motifs is 1. The summed E-state index contributed by atoms with van der Waals surface area (Å²) in [7, 11) is 0. The fourth-order valence-corrected chi connectivity index (χ4v) is 1.98. The van der Waals surface area contributed by atoms with Crippen LogP contribution in [-0.2, 0) is 0 Å². The minimum Gasteiger partial charge on any atom is -0.454 e. The highest BCUT2D eigenvalue weighted by molar-refractivity contribution is 6.28. The van der Waals surface area contributed by atoms with Crippen LogP contribution in [-0.4, -0.2) is 9.97 Å². The van der Waals surface area contributed by atoms with Gasteiger partial charge in [0.15, 0.2) is 11.6 Å². The van der Waals surface area contributed by atoms with Gasteiger partial charge in [-0.3, -0.25) is 0 Å². The van der Waals surface area contributed by atoms with Crippen molar-refractivity contribution in [3.05, 3.63) is 47.1 Å². The van der Waals surface area contributed by atoms with Crippen molar-refractivity contribution in [3.63, 3.8) is 0 Å². The summed E-state index contributed by atoms with van der Waals surface area (Å²) in [6.07, 6.45) is 1.03. The summed E-state index contributed by atoms with van der Waals surface area (Å²) in [6.45, 7) is 1.93. The molecule has 5 heteroatoms. The number of aromatic nitrogens is 2. The molecule has 0 aliphatic carbocycles. The van der Waals surface area contributed by atoms with Gasteiger partial charge in [-0.2, -0.15) is 0 Å². The van der Waals surface area contributed by atoms with Crippen LogP contribution in [0.25, 0.3) is 22.4 Å². The molecule has 0 aliphatic rings. The highest BCUT2D eigenvalue weighted by Gasteiger charge is 2.14. The maximum atomic E-state index is 13.6. The van der Waals surface area contributed by atoms with Gasteiger partial charge >= 0.3 is 0 Å². The van der Waals surface area contributed by atoms with E-state index in [9.17, 15) is 4.39 Å². The molecule has 0 saturated heterocycles. The summed E-state index contributed by atoms with van der Waals surface area (Å²) in [6, 6.07) is 7.49. The van der Waals surface area contributed by atoms with Gasteiger partial charge in [0.05, 0.1) is 6.20 Å². The lowest BCUT2D eigenvalue weighted by Crippen LogP contribution is -1.90. The Balaban J connectivity index is 2.26. The lowest BCUT2D eigenvalue weighted by atomic mass is 10.2. The number of para-hydroxylation sites is 1. The van der Waals surface area contributed by atoms with E-state index in [0.29, 0.717) is 5.76 Å². The predicted molar refractivity (Wildman–Crippen MR) is 66.9 cm³/mol. The highest BCUT2D eigenvalue weighted by atomic mass is 35.5. The van der Waals surface area contributed by atoms with E-state index in [1.807, 2.05) is 25.1 Å². The molecule has 3 rings (SSSR count). The molecule has 0 unspecified atom stereocenters. The molecule has 90 valence electrons. The average Bonchev–Trinajstić information content (AvgIpc) is 2.77. The van der Waals surface area contributed by atoms with Crippen LogP contribution in [0.5, 0.6) is 0 Å². The number of hydrogen-bond acceptors (Lipinski definition) is 3. The summed E-state index contributed by atoms with van der Waals surface area (Å²) in [5.41, 5.74) is 1.78. The second-order valence-corrected chi connectivity index (χ2v) is 4.28. The van der Waals surface area contributed by atoms with Crippen LogP contribution in [0.2, 0.25) is 5.28 Å². The van der Waals surface area contributed by atoms with Crippen molar-refractivity contribution in [2.45, 2.75) is 6.92 Å². The molecule has 0 atom stereocenters. The zero-order valence-electron chi connectivity index (χ0n) is 9.45. The lowest BCUT2D eigenvalue weighted by molar-refractivity contribution is 0.588. The van der Waals surface area contributed by atoms with Crippen LogP contribution in [0.4, 0.5) is 4.39 Å². The molecule has 3 aromatic rings. The van der Waals surface area contributed by atoms with E-state index >= 15 is 0 Å². The fourth-order valence-electron chi connectivity index (χ4n) is 1.84. The first kappa shape index (κ1) is 11.2. The topological polar surface area (TPSA) is 38.9 Å². The minimum atomic E-state index is -0.559. The van der Waals surface area contributed by atoms with Gasteiger partial charge in [0, 0.05) is 5.39 Å². The number of halogens is 2. The molecule has 2 aromatic heterocycles. The zero-order chi connectivity index (χ0) is 12.7. The lowest BCUT2D eigenvalue weighted by Gasteiger charge is -1.97. The van der Waals surface area contributed by atoms with Crippen LogP contribution >= 0.6 is 11.6 Å². The van der Waals surface area contributed by atoms with E-state index in [-0.39, 0.29) is 11.0 Å². The third-order valence-corrected chi connectivity index (χ3v) is 2.87. The average molecular weight is 263 g/mol. The monoisotopic (exact) mass is 262 g/mol. The van der Waals surface area contributed by atoms with Gasteiger partial charge in [-0.25, -0.2) is 14.4 Å². The summed E-state index contributed by atoms with van der Waals surface area (Å²) in [5, 5.41) is 0.891. The Morgan fingerprint density at radius 3 is 2.94 bits per heavy atom. The Morgan fingerprint density at radius 2 is 2.17 bits per heavy atom. The number of hydrogen-bond donors (Lipinski definition) is 0. The molecule has 0 aliphatic heterocycles. The molecule has 1 aromatic carbocycles. The van der Waals surface area contributed by atoms with Gasteiger partial charge in [-0.15, -0.1) is 0 Å². The molecule has 0 N–H and O–H groups in total. The van der Waals surface area contributed by atoms with Crippen molar-refractivity contribution >= 4 is 22.6 Å². The number of nitrogens with zero attached hydrogens (tertiary/aromatic N) is 2. The molecule has 2 heterocycles. The third kappa shape index (κ3) is 1.75. The van der Waals surface area contributed by atoms with E-state index in [1.54, 1.807) is 6.07 Å². The molecular formula is C13H8ClFN2O. The van der Waals surface area contributed by atoms with Crippen LogP contribution in [0, 0.1) is 12.7 Å². The van der Waals surface area contributed by atoms with E-state index in [4.69, 9.17) is 16.0 Å². The van der Waals surface area contributed by atoms with Crippen molar-refractivity contribution in [1.82, 2.24) is 9.97 Å². The van der Waals surface area contributed by atoms with Crippen molar-refractivity contribution in [3.8, 4) is 11.5 Å². The van der Waals surface area contributed by atoms with Crippen molar-refractivity contribution in [2.24, 2.45) is 0 Å². The number of furan rings is 1. The molecule has 18 heavy (non-hydrogen) atoms. The Hall–Kier alpha value is -1.94. The van der Waals surface area contributed by atoms with Gasteiger partial charge in [0.2, 0.25) is 5.28 Å². The summed E-state index contributed by atoms with van der Waals surface area (Å²) < 4.78 is 19.3. The van der Waals surface area contributed by atoms with Crippen molar-refractivity contribution in [1.29, 1.82) is 0 Å². The van der Waals surface area contributed by atoms with Gasteiger partial charge < -0.3 is 4.42 Å². The van der Waals surface area contributed by atoms with Crippen molar-refractivity contribution < 1.29 is 8.81 Å². The van der Waals surface area contributed by atoms with E-state index in [2.05, 4.69) is 9.97 Å². The number of aryl methyl sites for hydroxylation is 1. The van der Waals surface area contributed by atoms with Crippen LogP contribution in [0.1, 0.15) is 5.56 Å². The normalized spacial score (nSPS) is 11.1. The van der Waals surface area contributed by atoms with E-state index in [1.165, 1.54) is 0 Å². The first-order valence-corrected chi connectivity index (χ1v) is 5.70. The van der Waals surface area contributed by atoms with Crippen LogP contribution < -0.4 is 0 Å². The standard InChI is InChI=1S/C13H8ClFN2O/c1-7-3-2-4-8-5-10(18-12(7)8)11-9(15)6-16-13(14)17-11/h2-6H,1H3. The Kier molecular flexibility index (Phi) is 2.52. The predicted octanol–water partition coefficient (Wildman–Crippen LogP) is 3.99. The number of rotatable bonds is 1. The largest absolute Gasteiger partial charge is 0.454 e. The molecule has 0 fully saturated rings. The van der Waals surface area contributed by atoms with E-state index < -0.39 is 5.82 Å². The molecule has 0 saturated carbocycles. The molecule has 0 spiro atoms. The van der Waals surface area contributed by atoms with Gasteiger partial charge in [-0.05, 0) is 30.2 Å². The minimum absolute atomic E-state index is 0.0106. The van der Waals surface area contributed by atoms with E-state index in [0.717, 1.165) is 22.7 Å².